The molecule has 0 aliphatic rings. The first-order valence-corrected chi connectivity index (χ1v) is 5.20. The van der Waals surface area contributed by atoms with Crippen LogP contribution < -0.4 is 11.1 Å². The summed E-state index contributed by atoms with van der Waals surface area (Å²) in [6.45, 7) is 0. The van der Waals surface area contributed by atoms with Gasteiger partial charge in [0.25, 0.3) is 5.91 Å². The van der Waals surface area contributed by atoms with Crippen molar-refractivity contribution in [2.24, 2.45) is 0 Å². The molecule has 90 valence electrons. The number of fused-ring (bicyclic) bond motifs is 1. The second-order valence-electron chi connectivity index (χ2n) is 3.66. The Labute approximate surface area is 100 Å². The van der Waals surface area contributed by atoms with Gasteiger partial charge in [-0.05, 0) is 30.3 Å². The molecule has 0 unspecified atom stereocenters. The van der Waals surface area contributed by atoms with Gasteiger partial charge in [0.15, 0.2) is 11.3 Å². The van der Waals surface area contributed by atoms with Crippen molar-refractivity contribution in [3.63, 3.8) is 0 Å². The van der Waals surface area contributed by atoms with Crippen molar-refractivity contribution in [2.75, 3.05) is 5.32 Å². The van der Waals surface area contributed by atoms with E-state index < -0.39 is 5.76 Å². The summed E-state index contributed by atoms with van der Waals surface area (Å²) in [5.41, 5.74) is 1.51. The minimum Gasteiger partial charge on any atom is -0.459 e. The number of nitrogens with one attached hydrogen (secondary N) is 2. The van der Waals surface area contributed by atoms with Crippen LogP contribution in [0.3, 0.4) is 0 Å². The van der Waals surface area contributed by atoms with Gasteiger partial charge in [0, 0.05) is 5.69 Å². The number of amides is 1. The number of carbonyl (C=O) groups is 1. The topological polar surface area (TPSA) is 88.2 Å². The SMILES string of the molecule is O=C(Nc1ccc2oc(=O)[nH]c2c1)c1ccco1. The molecule has 1 amide bonds. The maximum atomic E-state index is 11.7. The van der Waals surface area contributed by atoms with Gasteiger partial charge in [-0.1, -0.05) is 0 Å². The molecule has 18 heavy (non-hydrogen) atoms. The van der Waals surface area contributed by atoms with Crippen LogP contribution in [0.4, 0.5) is 5.69 Å². The second-order valence-corrected chi connectivity index (χ2v) is 3.66. The fourth-order valence-electron chi connectivity index (χ4n) is 1.63. The molecule has 2 N–H and O–H groups in total. The second kappa shape index (κ2) is 3.92. The summed E-state index contributed by atoms with van der Waals surface area (Å²) in [4.78, 5) is 25.2. The lowest BCUT2D eigenvalue weighted by molar-refractivity contribution is 0.0996. The van der Waals surface area contributed by atoms with Crippen LogP contribution in [0.15, 0.2) is 50.2 Å². The third-order valence-electron chi connectivity index (χ3n) is 2.42. The smallest absolute Gasteiger partial charge is 0.417 e. The Morgan fingerprint density at radius 3 is 2.94 bits per heavy atom. The van der Waals surface area contributed by atoms with Gasteiger partial charge < -0.3 is 14.2 Å². The highest BCUT2D eigenvalue weighted by Gasteiger charge is 2.09. The molecule has 0 aliphatic carbocycles. The highest BCUT2D eigenvalue weighted by atomic mass is 16.4. The van der Waals surface area contributed by atoms with Gasteiger partial charge in [0.05, 0.1) is 11.8 Å². The molecule has 0 atom stereocenters. The Hall–Kier alpha value is -2.76. The lowest BCUT2D eigenvalue weighted by Gasteiger charge is -2.02. The van der Waals surface area contributed by atoms with Crippen LogP contribution in [-0.4, -0.2) is 10.9 Å². The third kappa shape index (κ3) is 1.80. The van der Waals surface area contributed by atoms with E-state index in [9.17, 15) is 9.59 Å². The van der Waals surface area contributed by atoms with Crippen molar-refractivity contribution in [1.29, 1.82) is 0 Å². The zero-order chi connectivity index (χ0) is 12.5. The Balaban J connectivity index is 1.91. The van der Waals surface area contributed by atoms with Gasteiger partial charge in [-0.15, -0.1) is 0 Å². The van der Waals surface area contributed by atoms with E-state index in [1.165, 1.54) is 6.26 Å². The molecule has 2 aromatic heterocycles. The number of aromatic nitrogens is 1. The van der Waals surface area contributed by atoms with E-state index in [-0.39, 0.29) is 11.7 Å². The Bertz CT molecular complexity index is 752. The van der Waals surface area contributed by atoms with E-state index in [1.807, 2.05) is 0 Å². The molecule has 0 bridgehead atoms. The van der Waals surface area contributed by atoms with E-state index >= 15 is 0 Å². The predicted molar refractivity (Wildman–Crippen MR) is 63.5 cm³/mol. The summed E-state index contributed by atoms with van der Waals surface area (Å²) < 4.78 is 9.83. The van der Waals surface area contributed by atoms with Gasteiger partial charge in [0.2, 0.25) is 0 Å². The maximum Gasteiger partial charge on any atom is 0.417 e. The van der Waals surface area contributed by atoms with Crippen molar-refractivity contribution in [1.82, 2.24) is 4.98 Å². The van der Waals surface area contributed by atoms with Gasteiger partial charge in [0.1, 0.15) is 0 Å². The molecule has 0 spiro atoms. The van der Waals surface area contributed by atoms with Crippen LogP contribution in [0.1, 0.15) is 10.6 Å². The fraction of sp³-hybridized carbons (Fsp3) is 0. The van der Waals surface area contributed by atoms with Crippen molar-refractivity contribution in [3.8, 4) is 0 Å². The van der Waals surface area contributed by atoms with Crippen molar-refractivity contribution >= 4 is 22.7 Å². The zero-order valence-corrected chi connectivity index (χ0v) is 9.10. The maximum absolute atomic E-state index is 11.7. The normalized spacial score (nSPS) is 10.7. The fourth-order valence-corrected chi connectivity index (χ4v) is 1.63. The molecule has 0 saturated carbocycles. The number of hydrogen-bond donors (Lipinski definition) is 2. The van der Waals surface area contributed by atoms with Gasteiger partial charge >= 0.3 is 5.76 Å². The first-order chi connectivity index (χ1) is 8.72. The molecule has 2 heterocycles. The minimum absolute atomic E-state index is 0.218. The van der Waals surface area contributed by atoms with Crippen molar-refractivity contribution in [2.45, 2.75) is 0 Å². The zero-order valence-electron chi connectivity index (χ0n) is 9.10. The third-order valence-corrected chi connectivity index (χ3v) is 2.42. The number of furan rings is 1. The summed E-state index contributed by atoms with van der Waals surface area (Å²) in [5.74, 6) is -0.666. The van der Waals surface area contributed by atoms with Crippen LogP contribution in [0.5, 0.6) is 0 Å². The molecule has 1 aromatic carbocycles. The highest BCUT2D eigenvalue weighted by molar-refractivity contribution is 6.02. The van der Waals surface area contributed by atoms with Crippen molar-refractivity contribution < 1.29 is 13.6 Å². The van der Waals surface area contributed by atoms with E-state index in [1.54, 1.807) is 30.3 Å². The van der Waals surface area contributed by atoms with Gasteiger partial charge in [-0.25, -0.2) is 4.79 Å². The van der Waals surface area contributed by atoms with Crippen LogP contribution in [0, 0.1) is 0 Å². The number of benzene rings is 1. The van der Waals surface area contributed by atoms with Gasteiger partial charge in [-0.3, -0.25) is 9.78 Å². The van der Waals surface area contributed by atoms with Crippen LogP contribution in [0.2, 0.25) is 0 Å². The number of rotatable bonds is 2. The van der Waals surface area contributed by atoms with E-state index in [2.05, 4.69) is 10.3 Å². The largest absolute Gasteiger partial charge is 0.459 e. The van der Waals surface area contributed by atoms with Crippen LogP contribution in [0.25, 0.3) is 11.1 Å². The lowest BCUT2D eigenvalue weighted by atomic mass is 10.3. The van der Waals surface area contributed by atoms with Gasteiger partial charge in [-0.2, -0.15) is 0 Å². The molecule has 3 aromatic rings. The quantitative estimate of drug-likeness (QED) is 0.721. The summed E-state index contributed by atoms with van der Waals surface area (Å²) in [6, 6.07) is 8.05. The molecule has 0 fully saturated rings. The minimum atomic E-state index is -0.528. The molecule has 6 nitrogen and oxygen atoms in total. The van der Waals surface area contributed by atoms with Crippen LogP contribution >= 0.6 is 0 Å². The standard InChI is InChI=1S/C12H8N2O4/c15-11(10-2-1-5-17-10)13-7-3-4-9-8(6-7)14-12(16)18-9/h1-6H,(H,13,15)(H,14,16). The Morgan fingerprint density at radius 2 is 2.17 bits per heavy atom. The van der Waals surface area contributed by atoms with Crippen molar-refractivity contribution in [3.05, 3.63) is 52.9 Å². The van der Waals surface area contributed by atoms with E-state index in [0.717, 1.165) is 0 Å². The van der Waals surface area contributed by atoms with Crippen LogP contribution in [-0.2, 0) is 0 Å². The number of carbonyl (C=O) groups excluding carboxylic acids is 1. The first kappa shape index (κ1) is 10.4. The number of oxazole rings is 1. The predicted octanol–water partition coefficient (Wildman–Crippen LogP) is 1.97. The number of H-pyrrole nitrogens is 1. The number of anilines is 1. The van der Waals surface area contributed by atoms with E-state index in [4.69, 9.17) is 8.83 Å². The molecule has 6 heteroatoms. The molecule has 0 radical (unpaired) electrons. The summed E-state index contributed by atoms with van der Waals surface area (Å²) in [7, 11) is 0. The molecular formula is C12H8N2O4. The summed E-state index contributed by atoms with van der Waals surface area (Å²) in [6.07, 6.45) is 1.42. The average molecular weight is 244 g/mol. The molecule has 0 saturated heterocycles. The average Bonchev–Trinajstić information content (AvgIpc) is 2.95. The first-order valence-electron chi connectivity index (χ1n) is 5.20. The molecule has 0 aliphatic heterocycles. The number of hydrogen-bond acceptors (Lipinski definition) is 4. The Morgan fingerprint density at radius 1 is 1.28 bits per heavy atom. The monoisotopic (exact) mass is 244 g/mol. The molecular weight excluding hydrogens is 236 g/mol. The van der Waals surface area contributed by atoms with E-state index in [0.29, 0.717) is 16.8 Å². The highest BCUT2D eigenvalue weighted by Crippen LogP contribution is 2.17. The molecule has 3 rings (SSSR count). The lowest BCUT2D eigenvalue weighted by Crippen LogP contribution is -2.10. The Kier molecular flexibility index (Phi) is 2.26. The number of aromatic amines is 1. The summed E-state index contributed by atoms with van der Waals surface area (Å²) in [5, 5.41) is 2.65. The summed E-state index contributed by atoms with van der Waals surface area (Å²) >= 11 is 0.